The zero-order valence-electron chi connectivity index (χ0n) is 10.3. The van der Waals surface area contributed by atoms with E-state index in [1.807, 2.05) is 17.8 Å². The van der Waals surface area contributed by atoms with Crippen molar-refractivity contribution in [1.29, 1.82) is 0 Å². The maximum Gasteiger partial charge on any atom is 0.129 e. The highest BCUT2D eigenvalue weighted by Crippen LogP contribution is 2.30. The Hall–Kier alpha value is -1.26. The van der Waals surface area contributed by atoms with E-state index in [9.17, 15) is 5.11 Å². The van der Waals surface area contributed by atoms with Gasteiger partial charge in [-0.2, -0.15) is 0 Å². The number of aryl methyl sites for hydroxylation is 1. The molecule has 2 aromatic rings. The number of aliphatic hydroxyl groups is 1. The van der Waals surface area contributed by atoms with E-state index >= 15 is 0 Å². The van der Waals surface area contributed by atoms with E-state index in [4.69, 9.17) is 11.6 Å². The van der Waals surface area contributed by atoms with E-state index in [1.54, 1.807) is 6.20 Å². The zero-order valence-corrected chi connectivity index (χ0v) is 11.1. The minimum absolute atomic E-state index is 0.306. The average molecular weight is 266 g/mol. The van der Waals surface area contributed by atoms with Crippen LogP contribution in [0, 0.1) is 0 Å². The fourth-order valence-corrected chi connectivity index (χ4v) is 2.70. The van der Waals surface area contributed by atoms with Crippen LogP contribution in [0.5, 0.6) is 0 Å². The molecule has 96 valence electrons. The van der Waals surface area contributed by atoms with Crippen LogP contribution in [0.1, 0.15) is 35.9 Å². The molecule has 5 heteroatoms. The SMILES string of the molecule is Cn1c(Cl)cnc1Cn1cc2c(c1)C(O)CCC2. The summed E-state index contributed by atoms with van der Waals surface area (Å²) >= 11 is 5.97. The van der Waals surface area contributed by atoms with Crippen LogP contribution in [0.3, 0.4) is 0 Å². The number of hydrogen-bond donors (Lipinski definition) is 1. The van der Waals surface area contributed by atoms with Gasteiger partial charge in [-0.05, 0) is 24.8 Å². The maximum atomic E-state index is 9.94. The molecular formula is C13H16ClN3O. The first-order valence-electron chi connectivity index (χ1n) is 6.18. The van der Waals surface area contributed by atoms with Gasteiger partial charge in [-0.3, -0.25) is 0 Å². The Morgan fingerprint density at radius 3 is 3.00 bits per heavy atom. The molecule has 0 saturated carbocycles. The van der Waals surface area contributed by atoms with E-state index in [-0.39, 0.29) is 6.10 Å². The molecule has 0 bridgehead atoms. The Balaban J connectivity index is 1.88. The quantitative estimate of drug-likeness (QED) is 0.905. The topological polar surface area (TPSA) is 43.0 Å². The average Bonchev–Trinajstić information content (AvgIpc) is 2.89. The third-order valence-electron chi connectivity index (χ3n) is 3.63. The van der Waals surface area contributed by atoms with Crippen molar-refractivity contribution in [3.8, 4) is 0 Å². The molecular weight excluding hydrogens is 250 g/mol. The van der Waals surface area contributed by atoms with Crippen LogP contribution in [-0.2, 0) is 20.0 Å². The van der Waals surface area contributed by atoms with E-state index in [1.165, 1.54) is 5.56 Å². The van der Waals surface area contributed by atoms with E-state index in [0.717, 1.165) is 30.7 Å². The fraction of sp³-hybridized carbons (Fsp3) is 0.462. The number of fused-ring (bicyclic) bond motifs is 1. The predicted octanol–water partition coefficient (Wildman–Crippen LogP) is 2.29. The number of nitrogens with zero attached hydrogens (tertiary/aromatic N) is 3. The first-order chi connectivity index (χ1) is 8.65. The van der Waals surface area contributed by atoms with E-state index in [2.05, 4.69) is 15.7 Å². The number of imidazole rings is 1. The number of rotatable bonds is 2. The highest BCUT2D eigenvalue weighted by atomic mass is 35.5. The summed E-state index contributed by atoms with van der Waals surface area (Å²) in [5, 5.41) is 10.6. The smallest absolute Gasteiger partial charge is 0.129 e. The van der Waals surface area contributed by atoms with Crippen LogP contribution < -0.4 is 0 Å². The Labute approximate surface area is 111 Å². The molecule has 1 aliphatic rings. The number of halogens is 1. The second kappa shape index (κ2) is 4.44. The van der Waals surface area contributed by atoms with Crippen LogP contribution in [0.15, 0.2) is 18.6 Å². The monoisotopic (exact) mass is 265 g/mol. The lowest BCUT2D eigenvalue weighted by Gasteiger charge is -2.16. The molecule has 0 aliphatic heterocycles. The highest BCUT2D eigenvalue weighted by Gasteiger charge is 2.20. The van der Waals surface area contributed by atoms with Crippen molar-refractivity contribution < 1.29 is 5.11 Å². The normalized spacial score (nSPS) is 18.9. The number of hydrogen-bond acceptors (Lipinski definition) is 2. The standard InChI is InChI=1S/C13H16ClN3O/c1-16-12(14)5-15-13(16)8-17-6-9-3-2-4-11(18)10(9)7-17/h5-7,11,18H,2-4,8H2,1H3. The summed E-state index contributed by atoms with van der Waals surface area (Å²) in [5.41, 5.74) is 2.33. The molecule has 2 heterocycles. The van der Waals surface area contributed by atoms with Gasteiger partial charge in [0.25, 0.3) is 0 Å². The van der Waals surface area contributed by atoms with Crippen molar-refractivity contribution in [2.75, 3.05) is 0 Å². The molecule has 0 aromatic carbocycles. The Morgan fingerprint density at radius 1 is 1.50 bits per heavy atom. The molecule has 1 unspecified atom stereocenters. The molecule has 0 amide bonds. The second-order valence-corrected chi connectivity index (χ2v) is 5.26. The molecule has 1 aliphatic carbocycles. The van der Waals surface area contributed by atoms with Gasteiger partial charge >= 0.3 is 0 Å². The lowest BCUT2D eigenvalue weighted by molar-refractivity contribution is 0.157. The summed E-state index contributed by atoms with van der Waals surface area (Å²) in [6, 6.07) is 0. The lowest BCUT2D eigenvalue weighted by atomic mass is 9.93. The van der Waals surface area contributed by atoms with Crippen molar-refractivity contribution in [1.82, 2.24) is 14.1 Å². The highest BCUT2D eigenvalue weighted by molar-refractivity contribution is 6.29. The minimum Gasteiger partial charge on any atom is -0.388 e. The van der Waals surface area contributed by atoms with Gasteiger partial charge in [-0.1, -0.05) is 11.6 Å². The molecule has 18 heavy (non-hydrogen) atoms. The van der Waals surface area contributed by atoms with Gasteiger partial charge < -0.3 is 14.2 Å². The first-order valence-corrected chi connectivity index (χ1v) is 6.55. The summed E-state index contributed by atoms with van der Waals surface area (Å²) in [7, 11) is 1.91. The van der Waals surface area contributed by atoms with Gasteiger partial charge in [-0.25, -0.2) is 4.98 Å². The predicted molar refractivity (Wildman–Crippen MR) is 69.6 cm³/mol. The van der Waals surface area contributed by atoms with Gasteiger partial charge in [0.2, 0.25) is 0 Å². The Bertz CT molecular complexity index is 573. The van der Waals surface area contributed by atoms with E-state index in [0.29, 0.717) is 11.7 Å². The third-order valence-corrected chi connectivity index (χ3v) is 3.98. The van der Waals surface area contributed by atoms with Crippen LogP contribution in [0.4, 0.5) is 0 Å². The van der Waals surface area contributed by atoms with Crippen LogP contribution in [0.2, 0.25) is 5.15 Å². The summed E-state index contributed by atoms with van der Waals surface area (Å²) in [6.07, 6.45) is 8.48. The first kappa shape index (κ1) is 11.8. The van der Waals surface area contributed by atoms with Gasteiger partial charge in [-0.15, -0.1) is 0 Å². The zero-order chi connectivity index (χ0) is 12.7. The Kier molecular flexibility index (Phi) is 2.92. The second-order valence-electron chi connectivity index (χ2n) is 4.88. The van der Waals surface area contributed by atoms with Crippen LogP contribution >= 0.6 is 11.6 Å². The molecule has 4 nitrogen and oxygen atoms in total. The van der Waals surface area contributed by atoms with Gasteiger partial charge in [0.05, 0.1) is 18.8 Å². The van der Waals surface area contributed by atoms with Crippen molar-refractivity contribution in [3.63, 3.8) is 0 Å². The van der Waals surface area contributed by atoms with Crippen molar-refractivity contribution in [3.05, 3.63) is 40.7 Å². The summed E-state index contributed by atoms with van der Waals surface area (Å²) in [4.78, 5) is 4.28. The van der Waals surface area contributed by atoms with Crippen LogP contribution in [0.25, 0.3) is 0 Å². The molecule has 0 fully saturated rings. The van der Waals surface area contributed by atoms with Gasteiger partial charge in [0.15, 0.2) is 0 Å². The molecule has 1 atom stereocenters. The maximum absolute atomic E-state index is 9.94. The summed E-state index contributed by atoms with van der Waals surface area (Å²) in [6.45, 7) is 0.683. The fourth-order valence-electron chi connectivity index (χ4n) is 2.55. The molecule has 3 rings (SSSR count). The summed E-state index contributed by atoms with van der Waals surface area (Å²) in [5.74, 6) is 0.918. The number of aromatic nitrogens is 3. The van der Waals surface area contributed by atoms with Gasteiger partial charge in [0, 0.05) is 25.0 Å². The van der Waals surface area contributed by atoms with Crippen LogP contribution in [-0.4, -0.2) is 19.2 Å². The largest absolute Gasteiger partial charge is 0.388 e. The molecule has 0 radical (unpaired) electrons. The minimum atomic E-state index is -0.306. The van der Waals surface area contributed by atoms with Gasteiger partial charge in [0.1, 0.15) is 11.0 Å². The van der Waals surface area contributed by atoms with Crippen molar-refractivity contribution in [2.45, 2.75) is 31.9 Å². The lowest BCUT2D eigenvalue weighted by Crippen LogP contribution is -2.06. The van der Waals surface area contributed by atoms with Crippen molar-refractivity contribution in [2.24, 2.45) is 7.05 Å². The molecule has 2 aromatic heterocycles. The third kappa shape index (κ3) is 1.95. The number of aliphatic hydroxyl groups excluding tert-OH is 1. The molecule has 1 N–H and O–H groups in total. The summed E-state index contributed by atoms with van der Waals surface area (Å²) < 4.78 is 3.95. The molecule has 0 spiro atoms. The molecule has 0 saturated heterocycles. The van der Waals surface area contributed by atoms with E-state index < -0.39 is 0 Å². The van der Waals surface area contributed by atoms with Crippen molar-refractivity contribution >= 4 is 11.6 Å². The Morgan fingerprint density at radius 2 is 2.33 bits per heavy atom.